The fraction of sp³-hybridized carbons (Fsp3) is 0.750. The lowest BCUT2D eigenvalue weighted by Gasteiger charge is -2.40. The molecule has 1 unspecified atom stereocenters. The molecule has 0 aromatic carbocycles. The highest BCUT2D eigenvalue weighted by atomic mass is 32.1. The van der Waals surface area contributed by atoms with Gasteiger partial charge in [-0.2, -0.15) is 0 Å². The second-order valence-electron chi connectivity index (χ2n) is 5.53. The zero-order valence-corrected chi connectivity index (χ0v) is 13.3. The first-order chi connectivity index (χ1) is 9.21. The molecule has 1 atom stereocenters. The minimum atomic E-state index is 0.125. The Morgan fingerprint density at radius 1 is 1.26 bits per heavy atom. The Morgan fingerprint density at radius 3 is 2.63 bits per heavy atom. The number of nitrogens with one attached hydrogen (secondary N) is 1. The van der Waals surface area contributed by atoms with Gasteiger partial charge in [0, 0.05) is 28.9 Å². The molecule has 0 radical (unpaired) electrons. The predicted molar refractivity (Wildman–Crippen MR) is 82.8 cm³/mol. The maximum absolute atomic E-state index is 6.03. The molecule has 108 valence electrons. The molecular weight excluding hydrogens is 254 g/mol. The summed E-state index contributed by atoms with van der Waals surface area (Å²) >= 11 is 1.94. The average Bonchev–Trinajstić information content (AvgIpc) is 2.93. The van der Waals surface area contributed by atoms with Crippen molar-refractivity contribution in [2.24, 2.45) is 0 Å². The summed E-state index contributed by atoms with van der Waals surface area (Å²) in [5.41, 5.74) is 0.125. The molecule has 1 N–H and O–H groups in total. The Labute approximate surface area is 121 Å². The van der Waals surface area contributed by atoms with Crippen LogP contribution < -0.4 is 5.32 Å². The van der Waals surface area contributed by atoms with Gasteiger partial charge in [0.05, 0.1) is 5.60 Å². The third-order valence-corrected chi connectivity index (χ3v) is 5.64. The standard InChI is InChI=1S/C16H27NOS/c1-4-14-7-8-15(19-14)12-17-13-9-10-18-16(5-2,6-3)11-13/h7-8,13,17H,4-6,9-12H2,1-3H3. The molecule has 2 heterocycles. The van der Waals surface area contributed by atoms with Gasteiger partial charge in [-0.3, -0.25) is 0 Å². The highest BCUT2D eigenvalue weighted by molar-refractivity contribution is 7.11. The Balaban J connectivity index is 1.85. The van der Waals surface area contributed by atoms with Crippen molar-refractivity contribution >= 4 is 11.3 Å². The van der Waals surface area contributed by atoms with Crippen molar-refractivity contribution in [1.29, 1.82) is 0 Å². The van der Waals surface area contributed by atoms with Gasteiger partial charge in [0.2, 0.25) is 0 Å². The SMILES string of the molecule is CCc1ccc(CNC2CCOC(CC)(CC)C2)s1. The largest absolute Gasteiger partial charge is 0.375 e. The maximum atomic E-state index is 6.03. The van der Waals surface area contributed by atoms with Crippen molar-refractivity contribution in [2.75, 3.05) is 6.61 Å². The third-order valence-electron chi connectivity index (χ3n) is 4.41. The summed E-state index contributed by atoms with van der Waals surface area (Å²) in [7, 11) is 0. The van der Waals surface area contributed by atoms with Crippen LogP contribution in [0.1, 0.15) is 56.2 Å². The van der Waals surface area contributed by atoms with Gasteiger partial charge in [-0.15, -0.1) is 11.3 Å². The number of thiophene rings is 1. The van der Waals surface area contributed by atoms with Crippen molar-refractivity contribution in [1.82, 2.24) is 5.32 Å². The average molecular weight is 281 g/mol. The van der Waals surface area contributed by atoms with Gasteiger partial charge in [-0.05, 0) is 44.2 Å². The number of ether oxygens (including phenoxy) is 1. The fourth-order valence-corrected chi connectivity index (χ4v) is 3.81. The summed E-state index contributed by atoms with van der Waals surface area (Å²) in [6, 6.07) is 5.14. The quantitative estimate of drug-likeness (QED) is 0.846. The number of hydrogen-bond acceptors (Lipinski definition) is 3. The van der Waals surface area contributed by atoms with E-state index >= 15 is 0 Å². The summed E-state index contributed by atoms with van der Waals surface area (Å²) in [5.74, 6) is 0. The highest BCUT2D eigenvalue weighted by Crippen LogP contribution is 2.31. The van der Waals surface area contributed by atoms with Gasteiger partial charge >= 0.3 is 0 Å². The highest BCUT2D eigenvalue weighted by Gasteiger charge is 2.34. The Morgan fingerprint density at radius 2 is 2.00 bits per heavy atom. The van der Waals surface area contributed by atoms with Gasteiger partial charge in [0.25, 0.3) is 0 Å². The molecule has 0 aliphatic carbocycles. The Bertz CT molecular complexity index is 384. The van der Waals surface area contributed by atoms with E-state index in [2.05, 4.69) is 38.2 Å². The first-order valence-corrected chi connectivity index (χ1v) is 8.48. The molecule has 2 nitrogen and oxygen atoms in total. The molecule has 1 aromatic heterocycles. The Hall–Kier alpha value is -0.380. The van der Waals surface area contributed by atoms with Crippen LogP contribution in [0.3, 0.4) is 0 Å². The van der Waals surface area contributed by atoms with E-state index in [0.717, 1.165) is 45.3 Å². The number of hydrogen-bond donors (Lipinski definition) is 1. The predicted octanol–water partition coefficient (Wildman–Crippen LogP) is 4.14. The molecule has 19 heavy (non-hydrogen) atoms. The lowest BCUT2D eigenvalue weighted by Crippen LogP contribution is -2.46. The minimum absolute atomic E-state index is 0.125. The van der Waals surface area contributed by atoms with Crippen LogP contribution in [-0.4, -0.2) is 18.2 Å². The van der Waals surface area contributed by atoms with Crippen LogP contribution in [0, 0.1) is 0 Å². The van der Waals surface area contributed by atoms with E-state index < -0.39 is 0 Å². The maximum Gasteiger partial charge on any atom is 0.0692 e. The first-order valence-electron chi connectivity index (χ1n) is 7.66. The van der Waals surface area contributed by atoms with E-state index in [1.54, 1.807) is 0 Å². The number of rotatable bonds is 6. The lowest BCUT2D eigenvalue weighted by atomic mass is 9.86. The zero-order chi connectivity index (χ0) is 13.7. The molecule has 1 aromatic rings. The third kappa shape index (κ3) is 3.80. The molecular formula is C16H27NOS. The van der Waals surface area contributed by atoms with Crippen LogP contribution in [0.5, 0.6) is 0 Å². The molecule has 3 heteroatoms. The molecule has 1 aliphatic rings. The van der Waals surface area contributed by atoms with E-state index in [1.165, 1.54) is 9.75 Å². The molecule has 0 saturated carbocycles. The number of aryl methyl sites for hydroxylation is 1. The zero-order valence-electron chi connectivity index (χ0n) is 12.5. The van der Waals surface area contributed by atoms with Crippen LogP contribution in [0.15, 0.2) is 12.1 Å². The molecule has 1 fully saturated rings. The summed E-state index contributed by atoms with van der Waals surface area (Å²) < 4.78 is 6.03. The van der Waals surface area contributed by atoms with Crippen molar-refractivity contribution in [3.05, 3.63) is 21.9 Å². The van der Waals surface area contributed by atoms with Crippen molar-refractivity contribution in [3.63, 3.8) is 0 Å². The van der Waals surface area contributed by atoms with Gasteiger partial charge in [0.15, 0.2) is 0 Å². The first kappa shape index (κ1) is 15.0. The van der Waals surface area contributed by atoms with Crippen LogP contribution in [0.2, 0.25) is 0 Å². The Kier molecular flexibility index (Phi) is 5.43. The molecule has 1 saturated heterocycles. The van der Waals surface area contributed by atoms with E-state index in [4.69, 9.17) is 4.74 Å². The summed E-state index contributed by atoms with van der Waals surface area (Å²) in [6.45, 7) is 8.64. The second kappa shape index (κ2) is 6.87. The van der Waals surface area contributed by atoms with Gasteiger partial charge in [-0.25, -0.2) is 0 Å². The van der Waals surface area contributed by atoms with E-state index in [0.29, 0.717) is 6.04 Å². The van der Waals surface area contributed by atoms with E-state index in [9.17, 15) is 0 Å². The smallest absolute Gasteiger partial charge is 0.0692 e. The van der Waals surface area contributed by atoms with Crippen molar-refractivity contribution in [2.45, 2.75) is 71.1 Å². The minimum Gasteiger partial charge on any atom is -0.375 e. The van der Waals surface area contributed by atoms with E-state index in [-0.39, 0.29) is 5.60 Å². The fourth-order valence-electron chi connectivity index (χ4n) is 2.90. The molecule has 1 aliphatic heterocycles. The van der Waals surface area contributed by atoms with Crippen LogP contribution in [0.4, 0.5) is 0 Å². The molecule has 2 rings (SSSR count). The van der Waals surface area contributed by atoms with Crippen molar-refractivity contribution in [3.8, 4) is 0 Å². The van der Waals surface area contributed by atoms with Gasteiger partial charge in [-0.1, -0.05) is 20.8 Å². The van der Waals surface area contributed by atoms with Crippen molar-refractivity contribution < 1.29 is 4.74 Å². The molecule has 0 bridgehead atoms. The molecule has 0 amide bonds. The summed E-state index contributed by atoms with van der Waals surface area (Å²) in [4.78, 5) is 2.95. The van der Waals surface area contributed by atoms with E-state index in [1.807, 2.05) is 11.3 Å². The lowest BCUT2D eigenvalue weighted by molar-refractivity contribution is -0.0931. The van der Waals surface area contributed by atoms with Gasteiger partial charge in [0.1, 0.15) is 0 Å². The van der Waals surface area contributed by atoms with Crippen LogP contribution in [0.25, 0.3) is 0 Å². The van der Waals surface area contributed by atoms with Gasteiger partial charge < -0.3 is 10.1 Å². The topological polar surface area (TPSA) is 21.3 Å². The second-order valence-corrected chi connectivity index (χ2v) is 6.78. The summed E-state index contributed by atoms with van der Waals surface area (Å²) in [5, 5.41) is 3.73. The van der Waals surface area contributed by atoms with Crippen LogP contribution >= 0.6 is 11.3 Å². The molecule has 0 spiro atoms. The normalized spacial score (nSPS) is 22.6. The van der Waals surface area contributed by atoms with Crippen LogP contribution in [-0.2, 0) is 17.7 Å². The summed E-state index contributed by atoms with van der Waals surface area (Å²) in [6.07, 6.45) is 5.71. The monoisotopic (exact) mass is 281 g/mol.